The SMILES string of the molecule is CCCCCC(CN)NC1CCC(C)C1. The van der Waals surface area contributed by atoms with E-state index in [0.29, 0.717) is 6.04 Å². The summed E-state index contributed by atoms with van der Waals surface area (Å²) in [6, 6.07) is 1.31. The van der Waals surface area contributed by atoms with Gasteiger partial charge in [0, 0.05) is 18.6 Å². The molecule has 0 spiro atoms. The van der Waals surface area contributed by atoms with Crippen molar-refractivity contribution in [3.8, 4) is 0 Å². The van der Waals surface area contributed by atoms with Gasteiger partial charge in [0.25, 0.3) is 0 Å². The Morgan fingerprint density at radius 3 is 2.67 bits per heavy atom. The van der Waals surface area contributed by atoms with Crippen LogP contribution < -0.4 is 11.1 Å². The van der Waals surface area contributed by atoms with E-state index in [1.165, 1.54) is 44.9 Å². The minimum atomic E-state index is 0.562. The summed E-state index contributed by atoms with van der Waals surface area (Å²) in [4.78, 5) is 0. The monoisotopic (exact) mass is 212 g/mol. The summed E-state index contributed by atoms with van der Waals surface area (Å²) in [6.45, 7) is 5.41. The zero-order valence-corrected chi connectivity index (χ0v) is 10.5. The standard InChI is InChI=1S/C13H28N2/c1-3-4-5-6-13(10-14)15-12-8-7-11(2)9-12/h11-13,15H,3-10,14H2,1-2H3. The number of rotatable bonds is 7. The van der Waals surface area contributed by atoms with Crippen LogP contribution in [0.1, 0.15) is 58.8 Å². The predicted molar refractivity (Wildman–Crippen MR) is 66.9 cm³/mol. The number of nitrogens with one attached hydrogen (secondary N) is 1. The maximum absolute atomic E-state index is 5.81. The van der Waals surface area contributed by atoms with Crippen LogP contribution in [-0.2, 0) is 0 Å². The molecule has 0 radical (unpaired) electrons. The Morgan fingerprint density at radius 2 is 2.13 bits per heavy atom. The molecule has 1 saturated carbocycles. The largest absolute Gasteiger partial charge is 0.329 e. The van der Waals surface area contributed by atoms with Crippen molar-refractivity contribution in [2.24, 2.45) is 11.7 Å². The number of nitrogens with two attached hydrogens (primary N) is 1. The Bertz CT molecular complexity index is 159. The van der Waals surface area contributed by atoms with E-state index >= 15 is 0 Å². The third-order valence-corrected chi connectivity index (χ3v) is 3.61. The Morgan fingerprint density at radius 1 is 1.33 bits per heavy atom. The van der Waals surface area contributed by atoms with Crippen molar-refractivity contribution in [3.05, 3.63) is 0 Å². The zero-order chi connectivity index (χ0) is 11.1. The maximum Gasteiger partial charge on any atom is 0.0192 e. The van der Waals surface area contributed by atoms with Crippen LogP contribution in [0.4, 0.5) is 0 Å². The summed E-state index contributed by atoms with van der Waals surface area (Å²) in [6.07, 6.45) is 9.33. The van der Waals surface area contributed by atoms with Crippen LogP contribution >= 0.6 is 0 Å². The smallest absolute Gasteiger partial charge is 0.0192 e. The first-order valence-corrected chi connectivity index (χ1v) is 6.72. The average molecular weight is 212 g/mol. The van der Waals surface area contributed by atoms with Crippen LogP contribution in [0.3, 0.4) is 0 Å². The van der Waals surface area contributed by atoms with Gasteiger partial charge >= 0.3 is 0 Å². The first-order valence-electron chi connectivity index (χ1n) is 6.72. The first kappa shape index (κ1) is 13.0. The molecule has 0 aliphatic heterocycles. The number of hydrogen-bond acceptors (Lipinski definition) is 2. The summed E-state index contributed by atoms with van der Waals surface area (Å²) in [7, 11) is 0. The van der Waals surface area contributed by atoms with E-state index in [4.69, 9.17) is 5.73 Å². The highest BCUT2D eigenvalue weighted by Gasteiger charge is 2.22. The van der Waals surface area contributed by atoms with Crippen LogP contribution in [0.15, 0.2) is 0 Å². The van der Waals surface area contributed by atoms with E-state index in [9.17, 15) is 0 Å². The average Bonchev–Trinajstić information content (AvgIpc) is 2.63. The van der Waals surface area contributed by atoms with E-state index in [1.807, 2.05) is 0 Å². The number of unbranched alkanes of at least 4 members (excludes halogenated alkanes) is 2. The Hall–Kier alpha value is -0.0800. The highest BCUT2D eigenvalue weighted by Crippen LogP contribution is 2.25. The van der Waals surface area contributed by atoms with Crippen LogP contribution in [0.2, 0.25) is 0 Å². The molecule has 15 heavy (non-hydrogen) atoms. The molecular formula is C13H28N2. The summed E-state index contributed by atoms with van der Waals surface area (Å²) < 4.78 is 0. The van der Waals surface area contributed by atoms with Crippen molar-refractivity contribution in [1.29, 1.82) is 0 Å². The molecule has 90 valence electrons. The Balaban J connectivity index is 2.15. The quantitative estimate of drug-likeness (QED) is 0.637. The van der Waals surface area contributed by atoms with Crippen LogP contribution in [0, 0.1) is 5.92 Å². The topological polar surface area (TPSA) is 38.0 Å². The molecule has 3 unspecified atom stereocenters. The molecule has 0 heterocycles. The van der Waals surface area contributed by atoms with Gasteiger partial charge in [0.2, 0.25) is 0 Å². The minimum Gasteiger partial charge on any atom is -0.329 e. The molecule has 0 bridgehead atoms. The molecule has 2 heteroatoms. The second-order valence-corrected chi connectivity index (χ2v) is 5.21. The summed E-state index contributed by atoms with van der Waals surface area (Å²) in [5.41, 5.74) is 5.81. The van der Waals surface area contributed by atoms with E-state index in [2.05, 4.69) is 19.2 Å². The predicted octanol–water partition coefficient (Wildman–Crippen LogP) is 2.67. The molecular weight excluding hydrogens is 184 g/mol. The molecule has 1 fully saturated rings. The summed E-state index contributed by atoms with van der Waals surface area (Å²) in [5.74, 6) is 0.913. The van der Waals surface area contributed by atoms with Gasteiger partial charge in [-0.25, -0.2) is 0 Å². The fourth-order valence-corrected chi connectivity index (χ4v) is 2.60. The van der Waals surface area contributed by atoms with Crippen molar-refractivity contribution in [2.45, 2.75) is 70.9 Å². The van der Waals surface area contributed by atoms with Gasteiger partial charge in [-0.2, -0.15) is 0 Å². The molecule has 0 amide bonds. The lowest BCUT2D eigenvalue weighted by atomic mass is 10.1. The molecule has 0 aromatic rings. The molecule has 3 N–H and O–H groups in total. The third kappa shape index (κ3) is 4.98. The maximum atomic E-state index is 5.81. The lowest BCUT2D eigenvalue weighted by Crippen LogP contribution is -2.41. The molecule has 1 aliphatic rings. The molecule has 0 aromatic heterocycles. The van der Waals surface area contributed by atoms with E-state index in [0.717, 1.165) is 18.5 Å². The lowest BCUT2D eigenvalue weighted by molar-refractivity contribution is 0.397. The highest BCUT2D eigenvalue weighted by molar-refractivity contribution is 4.82. The Labute approximate surface area is 95.0 Å². The van der Waals surface area contributed by atoms with E-state index < -0.39 is 0 Å². The van der Waals surface area contributed by atoms with Crippen LogP contribution in [0.25, 0.3) is 0 Å². The van der Waals surface area contributed by atoms with Crippen molar-refractivity contribution < 1.29 is 0 Å². The minimum absolute atomic E-state index is 0.562. The first-order chi connectivity index (χ1) is 7.26. The fraction of sp³-hybridized carbons (Fsp3) is 1.00. The van der Waals surface area contributed by atoms with Crippen molar-refractivity contribution in [2.75, 3.05) is 6.54 Å². The second kappa shape index (κ2) is 7.24. The van der Waals surface area contributed by atoms with Crippen molar-refractivity contribution >= 4 is 0 Å². The van der Waals surface area contributed by atoms with Gasteiger partial charge in [0.15, 0.2) is 0 Å². The second-order valence-electron chi connectivity index (χ2n) is 5.21. The van der Waals surface area contributed by atoms with Gasteiger partial charge in [-0.15, -0.1) is 0 Å². The van der Waals surface area contributed by atoms with Gasteiger partial charge in [0.05, 0.1) is 0 Å². The molecule has 1 rings (SSSR count). The molecule has 3 atom stereocenters. The van der Waals surface area contributed by atoms with Crippen LogP contribution in [0.5, 0.6) is 0 Å². The number of hydrogen-bond donors (Lipinski definition) is 2. The van der Waals surface area contributed by atoms with E-state index in [1.54, 1.807) is 0 Å². The third-order valence-electron chi connectivity index (χ3n) is 3.61. The Kier molecular flexibility index (Phi) is 6.26. The van der Waals surface area contributed by atoms with Crippen molar-refractivity contribution in [3.63, 3.8) is 0 Å². The van der Waals surface area contributed by atoms with Gasteiger partial charge in [-0.3, -0.25) is 0 Å². The summed E-state index contributed by atoms with van der Waals surface area (Å²) >= 11 is 0. The van der Waals surface area contributed by atoms with Crippen molar-refractivity contribution in [1.82, 2.24) is 5.32 Å². The molecule has 0 saturated heterocycles. The van der Waals surface area contributed by atoms with Gasteiger partial charge in [0.1, 0.15) is 0 Å². The van der Waals surface area contributed by atoms with Gasteiger partial charge in [-0.1, -0.05) is 33.1 Å². The van der Waals surface area contributed by atoms with Crippen LogP contribution in [-0.4, -0.2) is 18.6 Å². The fourth-order valence-electron chi connectivity index (χ4n) is 2.60. The van der Waals surface area contributed by atoms with E-state index in [-0.39, 0.29) is 0 Å². The zero-order valence-electron chi connectivity index (χ0n) is 10.5. The molecule has 2 nitrogen and oxygen atoms in total. The lowest BCUT2D eigenvalue weighted by Gasteiger charge is -2.21. The highest BCUT2D eigenvalue weighted by atomic mass is 15.0. The van der Waals surface area contributed by atoms with Gasteiger partial charge in [-0.05, 0) is 31.6 Å². The van der Waals surface area contributed by atoms with Gasteiger partial charge < -0.3 is 11.1 Å². The normalized spacial score (nSPS) is 28.2. The molecule has 1 aliphatic carbocycles. The molecule has 0 aromatic carbocycles. The summed E-state index contributed by atoms with van der Waals surface area (Å²) in [5, 5.41) is 3.73.